The molecular formula is C33H35N5O2. The number of fused-ring (bicyclic) bond motifs is 2. The third-order valence-corrected chi connectivity index (χ3v) is 7.24. The highest BCUT2D eigenvalue weighted by Gasteiger charge is 2.19. The Morgan fingerprint density at radius 1 is 0.725 bits per heavy atom. The van der Waals surface area contributed by atoms with Gasteiger partial charge >= 0.3 is 0 Å². The summed E-state index contributed by atoms with van der Waals surface area (Å²) in [5.41, 5.74) is 2.08. The number of amides is 2. The Balaban J connectivity index is 1.21. The van der Waals surface area contributed by atoms with Gasteiger partial charge in [0.15, 0.2) is 0 Å². The minimum absolute atomic E-state index is 0.108. The number of nitrogens with one attached hydrogen (secondary N) is 2. The number of rotatable bonds is 11. The highest BCUT2D eigenvalue weighted by atomic mass is 16.2. The average Bonchev–Trinajstić information content (AvgIpc) is 3.49. The maximum Gasteiger partial charge on any atom is 0.234 e. The number of hydrogen-bond donors (Lipinski definition) is 2. The van der Waals surface area contributed by atoms with E-state index in [9.17, 15) is 9.59 Å². The van der Waals surface area contributed by atoms with Crippen molar-refractivity contribution in [2.75, 3.05) is 19.6 Å². The zero-order valence-electron chi connectivity index (χ0n) is 23.0. The van der Waals surface area contributed by atoms with E-state index in [0.717, 1.165) is 21.9 Å². The van der Waals surface area contributed by atoms with E-state index in [0.29, 0.717) is 13.1 Å². The second-order valence-electron chi connectivity index (χ2n) is 10.3. The van der Waals surface area contributed by atoms with Crippen LogP contribution in [0.3, 0.4) is 0 Å². The molecule has 1 aromatic heterocycles. The maximum atomic E-state index is 13.1. The number of carbonyl (C=O) groups is 2. The maximum absolute atomic E-state index is 13.1. The van der Waals surface area contributed by atoms with Gasteiger partial charge in [-0.15, -0.1) is 0 Å². The number of hydrogen-bond acceptors (Lipinski definition) is 4. The van der Waals surface area contributed by atoms with Gasteiger partial charge in [0.2, 0.25) is 11.8 Å². The van der Waals surface area contributed by atoms with Crippen LogP contribution in [0.5, 0.6) is 0 Å². The number of carbonyl (C=O) groups excluding carboxylic acids is 2. The topological polar surface area (TPSA) is 79.3 Å². The average molecular weight is 534 g/mol. The first-order chi connectivity index (χ1) is 19.4. The molecule has 2 N–H and O–H groups in total. The molecule has 0 fully saturated rings. The number of aromatic nitrogens is 2. The Morgan fingerprint density at radius 3 is 1.70 bits per heavy atom. The molecule has 0 radical (unpaired) electrons. The van der Waals surface area contributed by atoms with Crippen molar-refractivity contribution < 1.29 is 9.59 Å². The van der Waals surface area contributed by atoms with Gasteiger partial charge in [-0.05, 0) is 64.7 Å². The lowest BCUT2D eigenvalue weighted by Gasteiger charge is -2.24. The van der Waals surface area contributed by atoms with Crippen LogP contribution in [-0.2, 0) is 16.1 Å². The lowest BCUT2D eigenvalue weighted by Crippen LogP contribution is -2.44. The van der Waals surface area contributed by atoms with Crippen LogP contribution in [0.2, 0.25) is 0 Å². The van der Waals surface area contributed by atoms with Crippen molar-refractivity contribution in [1.82, 2.24) is 25.3 Å². The van der Waals surface area contributed by atoms with Gasteiger partial charge < -0.3 is 10.6 Å². The largest absolute Gasteiger partial charge is 0.348 e. The van der Waals surface area contributed by atoms with Crippen molar-refractivity contribution in [3.8, 4) is 0 Å². The lowest BCUT2D eigenvalue weighted by atomic mass is 10.0. The molecule has 2 atom stereocenters. The normalized spacial score (nSPS) is 12.9. The van der Waals surface area contributed by atoms with E-state index in [1.165, 1.54) is 10.8 Å². The zero-order chi connectivity index (χ0) is 27.9. The summed E-state index contributed by atoms with van der Waals surface area (Å²) in [4.78, 5) is 28.1. The molecule has 0 saturated heterocycles. The molecule has 0 aliphatic heterocycles. The van der Waals surface area contributed by atoms with E-state index < -0.39 is 0 Å². The molecule has 1 heterocycles. The minimum atomic E-state index is -0.160. The van der Waals surface area contributed by atoms with E-state index >= 15 is 0 Å². The molecule has 5 aromatic rings. The summed E-state index contributed by atoms with van der Waals surface area (Å²) >= 11 is 0. The number of nitrogens with zero attached hydrogens (tertiary/aromatic N) is 3. The first-order valence-electron chi connectivity index (χ1n) is 13.7. The van der Waals surface area contributed by atoms with Gasteiger partial charge in [0.1, 0.15) is 0 Å². The predicted molar refractivity (Wildman–Crippen MR) is 160 cm³/mol. The van der Waals surface area contributed by atoms with Crippen molar-refractivity contribution in [1.29, 1.82) is 0 Å². The van der Waals surface area contributed by atoms with Gasteiger partial charge in [-0.2, -0.15) is 5.10 Å². The van der Waals surface area contributed by atoms with Crippen LogP contribution >= 0.6 is 0 Å². The fourth-order valence-corrected chi connectivity index (χ4v) is 4.99. The summed E-state index contributed by atoms with van der Waals surface area (Å²) in [6.07, 6.45) is 3.60. The van der Waals surface area contributed by atoms with Gasteiger partial charge in [0.25, 0.3) is 0 Å². The fourth-order valence-electron chi connectivity index (χ4n) is 4.99. The summed E-state index contributed by atoms with van der Waals surface area (Å²) in [5.74, 6) is -0.256. The van der Waals surface area contributed by atoms with E-state index in [-0.39, 0.29) is 37.0 Å². The summed E-state index contributed by atoms with van der Waals surface area (Å²) in [6, 6.07) is 30.4. The molecule has 204 valence electrons. The molecule has 2 amide bonds. The van der Waals surface area contributed by atoms with Crippen LogP contribution in [-0.4, -0.2) is 46.1 Å². The molecule has 0 spiro atoms. The monoisotopic (exact) mass is 533 g/mol. The molecule has 4 aromatic carbocycles. The first-order valence-corrected chi connectivity index (χ1v) is 13.7. The molecular weight excluding hydrogens is 498 g/mol. The van der Waals surface area contributed by atoms with Crippen molar-refractivity contribution in [3.05, 3.63) is 115 Å². The van der Waals surface area contributed by atoms with Gasteiger partial charge in [-0.25, -0.2) is 0 Å². The van der Waals surface area contributed by atoms with Gasteiger partial charge in [0.05, 0.1) is 31.7 Å². The molecule has 7 nitrogen and oxygen atoms in total. The van der Waals surface area contributed by atoms with Crippen LogP contribution in [0, 0.1) is 0 Å². The summed E-state index contributed by atoms with van der Waals surface area (Å²) in [6.45, 7) is 5.27. The SMILES string of the molecule is C[C@@H](NC(=O)CN(CCn1cccn1)CC(=O)N[C@H](C)c1ccc2ccccc2c1)c1ccc2ccccc2c1. The van der Waals surface area contributed by atoms with Gasteiger partial charge in [0, 0.05) is 18.9 Å². The van der Waals surface area contributed by atoms with Gasteiger partial charge in [-0.1, -0.05) is 72.8 Å². The smallest absolute Gasteiger partial charge is 0.234 e. The highest BCUT2D eigenvalue weighted by molar-refractivity contribution is 5.85. The molecule has 0 aliphatic rings. The minimum Gasteiger partial charge on any atom is -0.348 e. The standard InChI is InChI=1S/C33H35N5O2/c1-24(28-14-12-26-8-3-5-10-30(26)20-28)35-32(39)22-37(18-19-38-17-7-16-34-38)23-33(40)36-25(2)29-15-13-27-9-4-6-11-31(27)21-29/h3-17,20-21,24-25H,18-19,22-23H2,1-2H3,(H,35,39)(H,36,40)/t24-,25-/m1/s1. The molecule has 0 saturated carbocycles. The van der Waals surface area contributed by atoms with E-state index in [4.69, 9.17) is 0 Å². The molecule has 0 aliphatic carbocycles. The third kappa shape index (κ3) is 6.93. The Labute approximate surface area is 234 Å². The van der Waals surface area contributed by atoms with Crippen LogP contribution in [0.4, 0.5) is 0 Å². The fraction of sp³-hybridized carbons (Fsp3) is 0.242. The molecule has 0 unspecified atom stereocenters. The molecule has 5 rings (SSSR count). The highest BCUT2D eigenvalue weighted by Crippen LogP contribution is 2.21. The van der Waals surface area contributed by atoms with Crippen molar-refractivity contribution >= 4 is 33.4 Å². The van der Waals surface area contributed by atoms with Crippen LogP contribution in [0.1, 0.15) is 37.1 Å². The van der Waals surface area contributed by atoms with Gasteiger partial charge in [-0.3, -0.25) is 19.2 Å². The summed E-state index contributed by atoms with van der Waals surface area (Å²) < 4.78 is 1.80. The second kappa shape index (κ2) is 12.6. The first kappa shape index (κ1) is 27.1. The third-order valence-electron chi connectivity index (χ3n) is 7.24. The Kier molecular flexibility index (Phi) is 8.52. The van der Waals surface area contributed by atoms with Crippen LogP contribution in [0.15, 0.2) is 103 Å². The predicted octanol–water partition coefficient (Wildman–Crippen LogP) is 5.25. The summed E-state index contributed by atoms with van der Waals surface area (Å²) in [7, 11) is 0. The van der Waals surface area contributed by atoms with E-state index in [1.807, 2.05) is 67.4 Å². The lowest BCUT2D eigenvalue weighted by molar-refractivity contribution is -0.125. The Bertz CT molecular complexity index is 1500. The second-order valence-corrected chi connectivity index (χ2v) is 10.3. The number of benzene rings is 4. The Morgan fingerprint density at radius 2 is 1.23 bits per heavy atom. The zero-order valence-corrected chi connectivity index (χ0v) is 23.0. The van der Waals surface area contributed by atoms with E-state index in [2.05, 4.69) is 64.3 Å². The molecule has 0 bridgehead atoms. The summed E-state index contributed by atoms with van der Waals surface area (Å²) in [5, 5.41) is 15.1. The van der Waals surface area contributed by atoms with Crippen LogP contribution in [0.25, 0.3) is 21.5 Å². The van der Waals surface area contributed by atoms with E-state index in [1.54, 1.807) is 10.9 Å². The molecule has 7 heteroatoms. The quantitative estimate of drug-likeness (QED) is 0.243. The van der Waals surface area contributed by atoms with Crippen molar-refractivity contribution in [3.63, 3.8) is 0 Å². The van der Waals surface area contributed by atoms with Crippen LogP contribution < -0.4 is 10.6 Å². The van der Waals surface area contributed by atoms with Crippen molar-refractivity contribution in [2.24, 2.45) is 0 Å². The Hall–Kier alpha value is -4.49. The molecule has 40 heavy (non-hydrogen) atoms. The van der Waals surface area contributed by atoms with Crippen molar-refractivity contribution in [2.45, 2.75) is 32.5 Å².